The molecule has 3 aromatic carbocycles. The number of nitro groups is 2. The number of rotatable bonds is 11. The summed E-state index contributed by atoms with van der Waals surface area (Å²) in [5, 5.41) is 29.3. The Morgan fingerprint density at radius 2 is 1.17 bits per heavy atom. The highest BCUT2D eigenvalue weighted by atomic mass is 32.2. The van der Waals surface area contributed by atoms with Gasteiger partial charge in [-0.3, -0.25) is 33.9 Å². The van der Waals surface area contributed by atoms with Gasteiger partial charge in [0.15, 0.2) is 0 Å². The highest BCUT2D eigenvalue weighted by Crippen LogP contribution is 2.36. The van der Waals surface area contributed by atoms with E-state index in [1.54, 1.807) is 0 Å². The first-order valence-corrected chi connectivity index (χ1v) is 16.4. The molecule has 1 heterocycles. The molecule has 254 valence electrons. The molecule has 4 rings (SSSR count). The maximum Gasteiger partial charge on any atom is 0.315 e. The van der Waals surface area contributed by atoms with Gasteiger partial charge in [-0.1, -0.05) is 0 Å². The summed E-state index contributed by atoms with van der Waals surface area (Å²) in [6.45, 7) is 1.13. The minimum atomic E-state index is -5.21. The van der Waals surface area contributed by atoms with E-state index >= 15 is 0 Å². The third-order valence-electron chi connectivity index (χ3n) is 5.93. The van der Waals surface area contributed by atoms with E-state index < -0.39 is 107 Å². The molecular formula is C22H16F2N8O13S3. The topological polar surface area (TPSA) is 324 Å². The number of nitro benzene ring substituents is 2. The number of aryl methyl sites for hydroxylation is 1. The summed E-state index contributed by atoms with van der Waals surface area (Å²) in [5.41, 5.74) is -4.59. The summed E-state index contributed by atoms with van der Waals surface area (Å²) in [4.78, 5) is 27.6. The van der Waals surface area contributed by atoms with Crippen LogP contribution in [0.1, 0.15) is 5.56 Å². The van der Waals surface area contributed by atoms with Gasteiger partial charge in [-0.15, -0.1) is 0 Å². The summed E-state index contributed by atoms with van der Waals surface area (Å²) >= 11 is 0. The second kappa shape index (κ2) is 12.6. The van der Waals surface area contributed by atoms with Crippen LogP contribution < -0.4 is 16.0 Å². The third kappa shape index (κ3) is 7.87. The van der Waals surface area contributed by atoms with Crippen LogP contribution in [-0.2, 0) is 30.4 Å². The first-order valence-electron chi connectivity index (χ1n) is 12.1. The zero-order valence-electron chi connectivity index (χ0n) is 23.2. The summed E-state index contributed by atoms with van der Waals surface area (Å²) < 4.78 is 129. The van der Waals surface area contributed by atoms with Gasteiger partial charge in [0.2, 0.25) is 17.7 Å². The van der Waals surface area contributed by atoms with Crippen LogP contribution in [0.2, 0.25) is 0 Å². The molecule has 0 saturated heterocycles. The maximum atomic E-state index is 14.5. The van der Waals surface area contributed by atoms with Crippen LogP contribution in [-0.4, -0.2) is 63.7 Å². The zero-order chi connectivity index (χ0) is 35.9. The van der Waals surface area contributed by atoms with E-state index in [-0.39, 0.29) is 11.3 Å². The smallest absolute Gasteiger partial charge is 0.315 e. The Morgan fingerprint density at radius 1 is 0.646 bits per heavy atom. The maximum absolute atomic E-state index is 14.5. The molecule has 1 aromatic heterocycles. The monoisotopic (exact) mass is 734 g/mol. The minimum Gasteiger partial charge on any atom is -0.350 e. The Kier molecular flexibility index (Phi) is 9.25. The molecule has 4 aromatic rings. The lowest BCUT2D eigenvalue weighted by molar-refractivity contribution is -0.395. The normalized spacial score (nSPS) is 12.0. The van der Waals surface area contributed by atoms with Crippen molar-refractivity contribution >= 4 is 76.4 Å². The number of anilines is 6. The van der Waals surface area contributed by atoms with E-state index in [2.05, 4.69) is 30.9 Å². The van der Waals surface area contributed by atoms with E-state index in [9.17, 15) is 67.9 Å². The standard InChI is InChI=1S/C22H16F2N8O13S3/c1-9-4-13(19(48(43,44)45)8-18(9)47(40,41)42)26-21-28-20(24)29-22(30-21)27-14-5-10(2-3-17(14)46(37,38)39)25-12-6-11(23)15(31(33)34)7-16(12)32(35)36/h2-8,25H,1H3,(H,37,38,39)(H,40,41,42)(H,43,44,45)(H2,26,27,28,29,30). The van der Waals surface area contributed by atoms with Crippen molar-refractivity contribution in [1.82, 2.24) is 15.0 Å². The van der Waals surface area contributed by atoms with Crippen molar-refractivity contribution in [3.63, 3.8) is 0 Å². The molecule has 0 bridgehead atoms. The lowest BCUT2D eigenvalue weighted by atomic mass is 10.2. The van der Waals surface area contributed by atoms with Gasteiger partial charge in [-0.05, 0) is 42.8 Å². The number of nitrogens with zero attached hydrogens (tertiary/aromatic N) is 5. The van der Waals surface area contributed by atoms with Gasteiger partial charge in [-0.2, -0.15) is 49.0 Å². The van der Waals surface area contributed by atoms with Gasteiger partial charge in [0.05, 0.1) is 32.2 Å². The van der Waals surface area contributed by atoms with E-state index in [0.29, 0.717) is 18.2 Å². The fourth-order valence-corrected chi connectivity index (χ4v) is 6.08. The first-order chi connectivity index (χ1) is 22.0. The largest absolute Gasteiger partial charge is 0.350 e. The lowest BCUT2D eigenvalue weighted by Crippen LogP contribution is -2.11. The van der Waals surface area contributed by atoms with Crippen LogP contribution in [0, 0.1) is 39.0 Å². The highest BCUT2D eigenvalue weighted by molar-refractivity contribution is 7.87. The summed E-state index contributed by atoms with van der Waals surface area (Å²) in [6, 6.07) is 4.47. The molecule has 0 spiro atoms. The van der Waals surface area contributed by atoms with E-state index in [1.807, 2.05) is 0 Å². The molecule has 0 aliphatic rings. The molecule has 0 saturated carbocycles. The third-order valence-corrected chi connectivity index (χ3v) is 8.73. The number of nitrogens with one attached hydrogen (secondary N) is 3. The van der Waals surface area contributed by atoms with Crippen molar-refractivity contribution in [2.75, 3.05) is 16.0 Å². The Morgan fingerprint density at radius 3 is 1.67 bits per heavy atom. The molecule has 0 aliphatic carbocycles. The van der Waals surface area contributed by atoms with Crippen LogP contribution in [0.3, 0.4) is 0 Å². The predicted octanol–water partition coefficient (Wildman–Crippen LogP) is 3.25. The molecule has 6 N–H and O–H groups in total. The van der Waals surface area contributed by atoms with Crippen molar-refractivity contribution in [1.29, 1.82) is 0 Å². The molecule has 48 heavy (non-hydrogen) atoms. The molecular weight excluding hydrogens is 718 g/mol. The van der Waals surface area contributed by atoms with Gasteiger partial charge in [0.1, 0.15) is 15.5 Å². The van der Waals surface area contributed by atoms with Crippen molar-refractivity contribution in [2.45, 2.75) is 21.6 Å². The van der Waals surface area contributed by atoms with Crippen LogP contribution in [0.25, 0.3) is 0 Å². The van der Waals surface area contributed by atoms with Crippen LogP contribution >= 0.6 is 0 Å². The Labute approximate surface area is 266 Å². The number of hydrogen-bond donors (Lipinski definition) is 6. The second-order valence-electron chi connectivity index (χ2n) is 9.21. The average Bonchev–Trinajstić information content (AvgIpc) is 2.90. The van der Waals surface area contributed by atoms with Crippen molar-refractivity contribution in [3.05, 3.63) is 80.2 Å². The van der Waals surface area contributed by atoms with E-state index in [4.69, 9.17) is 0 Å². The summed E-state index contributed by atoms with van der Waals surface area (Å²) in [7, 11) is -15.3. The molecule has 0 fully saturated rings. The Balaban J connectivity index is 1.78. The second-order valence-corrected chi connectivity index (χ2v) is 13.4. The Hall–Kier alpha value is -5.54. The Bertz CT molecular complexity index is 2360. The number of benzene rings is 3. The lowest BCUT2D eigenvalue weighted by Gasteiger charge is -2.14. The molecule has 0 atom stereocenters. The molecule has 26 heteroatoms. The van der Waals surface area contributed by atoms with E-state index in [1.165, 1.54) is 0 Å². The van der Waals surface area contributed by atoms with Crippen LogP contribution in [0.4, 0.5) is 54.8 Å². The molecule has 21 nitrogen and oxygen atoms in total. The molecule has 0 radical (unpaired) electrons. The quantitative estimate of drug-likeness (QED) is 0.0731. The summed E-state index contributed by atoms with van der Waals surface area (Å²) in [5.74, 6) is -3.13. The van der Waals surface area contributed by atoms with Gasteiger partial charge in [-0.25, -0.2) is 0 Å². The van der Waals surface area contributed by atoms with Gasteiger partial charge in [0, 0.05) is 11.8 Å². The fourth-order valence-electron chi connectivity index (χ4n) is 3.99. The molecule has 0 amide bonds. The van der Waals surface area contributed by atoms with Crippen molar-refractivity contribution in [2.24, 2.45) is 0 Å². The highest BCUT2D eigenvalue weighted by Gasteiger charge is 2.27. The number of aromatic nitrogens is 3. The fraction of sp³-hybridized carbons (Fsp3) is 0.0455. The SMILES string of the molecule is Cc1cc(Nc2nc(F)nc(Nc3cc(Nc4cc(F)c([N+](=O)[O-])cc4[N+](=O)[O-])ccc3S(=O)(=O)O)n2)c(S(=O)(=O)O)cc1S(=O)(=O)O. The van der Waals surface area contributed by atoms with Crippen molar-refractivity contribution < 1.29 is 57.5 Å². The zero-order valence-corrected chi connectivity index (χ0v) is 25.6. The van der Waals surface area contributed by atoms with Gasteiger partial charge < -0.3 is 16.0 Å². The van der Waals surface area contributed by atoms with E-state index in [0.717, 1.165) is 31.2 Å². The predicted molar refractivity (Wildman–Crippen MR) is 156 cm³/mol. The molecule has 0 unspecified atom stereocenters. The minimum absolute atomic E-state index is 0.254. The first kappa shape index (κ1) is 35.3. The van der Waals surface area contributed by atoms with Gasteiger partial charge >= 0.3 is 11.8 Å². The van der Waals surface area contributed by atoms with Crippen LogP contribution in [0.5, 0.6) is 0 Å². The summed E-state index contributed by atoms with van der Waals surface area (Å²) in [6.07, 6.45) is -1.59. The van der Waals surface area contributed by atoms with Gasteiger partial charge in [0.25, 0.3) is 36.0 Å². The van der Waals surface area contributed by atoms with Crippen molar-refractivity contribution in [3.8, 4) is 0 Å². The number of hydrogen-bond acceptors (Lipinski definition) is 16. The van der Waals surface area contributed by atoms with Crippen LogP contribution in [0.15, 0.2) is 57.2 Å². The number of halogens is 2. The molecule has 0 aliphatic heterocycles. The average molecular weight is 735 g/mol.